The number of aromatic nitrogens is 1. The Kier molecular flexibility index (Phi) is 13.8. The van der Waals surface area contributed by atoms with Gasteiger partial charge in [-0.1, -0.05) is 296 Å². The minimum Gasteiger partial charge on any atom is -0.311 e. The summed E-state index contributed by atoms with van der Waals surface area (Å²) in [5, 5.41) is 13.3. The molecule has 0 unspecified atom stereocenters. The van der Waals surface area contributed by atoms with Crippen LogP contribution in [0.25, 0.3) is 27.5 Å². The van der Waals surface area contributed by atoms with Gasteiger partial charge >= 0.3 is 0 Å². The Balaban J connectivity index is 1.00. The number of para-hydroxylation sites is 2. The van der Waals surface area contributed by atoms with Gasteiger partial charge in [0.1, 0.15) is 0 Å². The van der Waals surface area contributed by atoms with Gasteiger partial charge < -0.3 is 14.4 Å². The Hall–Kier alpha value is -10.2. The van der Waals surface area contributed by atoms with Crippen LogP contribution in [0.2, 0.25) is 0 Å². The van der Waals surface area contributed by atoms with Crippen LogP contribution in [0.4, 0.5) is 34.1 Å². The summed E-state index contributed by atoms with van der Waals surface area (Å²) in [6.07, 6.45) is 0. The maximum atomic E-state index is 2.62. The molecule has 92 heavy (non-hydrogen) atoms. The SMILES string of the molecule is CC(C)(C)c1ccc2c(c1)c1cc(C(C)(C)C)ccc1n2-c1cc2c3c(c1)N(c1ccccc1)c1cc([Si](c4ccccc4)(c4ccccc4)c4ccccc4)ccc1B3c1ccccc1N2c1ccc([Si](c2ccccc2)(c2ccccc2)c2ccccc2)cc1. The molecule has 442 valence electrons. The van der Waals surface area contributed by atoms with E-state index in [9.17, 15) is 0 Å². The van der Waals surface area contributed by atoms with Crippen LogP contribution in [0.3, 0.4) is 0 Å². The van der Waals surface area contributed by atoms with E-state index in [1.54, 1.807) is 0 Å². The van der Waals surface area contributed by atoms with Gasteiger partial charge in [-0.3, -0.25) is 0 Å². The van der Waals surface area contributed by atoms with E-state index in [0.717, 1.165) is 28.4 Å². The maximum absolute atomic E-state index is 3.01. The van der Waals surface area contributed by atoms with Gasteiger partial charge in [-0.25, -0.2) is 0 Å². The van der Waals surface area contributed by atoms with Crippen molar-refractivity contribution in [1.82, 2.24) is 4.57 Å². The molecule has 0 spiro atoms. The molecular weight excluding hydrogens is 1140 g/mol. The maximum Gasteiger partial charge on any atom is 0.252 e. The lowest BCUT2D eigenvalue weighted by Crippen LogP contribution is -2.75. The third-order valence-corrected chi connectivity index (χ3v) is 29.5. The quantitative estimate of drug-likeness (QED) is 0.0945. The van der Waals surface area contributed by atoms with Crippen molar-refractivity contribution < 1.29 is 0 Å². The fraction of sp³-hybridized carbons (Fsp3) is 0.0930. The third kappa shape index (κ3) is 9.05. The van der Waals surface area contributed by atoms with E-state index >= 15 is 0 Å². The van der Waals surface area contributed by atoms with E-state index in [2.05, 4.69) is 383 Å². The molecule has 13 aromatic carbocycles. The highest BCUT2D eigenvalue weighted by molar-refractivity contribution is 7.20. The van der Waals surface area contributed by atoms with Crippen LogP contribution in [0.5, 0.6) is 0 Å². The molecule has 16 rings (SSSR count). The molecule has 0 atom stereocenters. The number of nitrogens with zero attached hydrogens (tertiary/aromatic N) is 3. The fourth-order valence-corrected chi connectivity index (χ4v) is 25.2. The lowest BCUT2D eigenvalue weighted by molar-refractivity contribution is 0.590. The molecule has 0 radical (unpaired) electrons. The van der Waals surface area contributed by atoms with E-state index in [1.807, 2.05) is 0 Å². The topological polar surface area (TPSA) is 11.4 Å². The van der Waals surface area contributed by atoms with Crippen molar-refractivity contribution >= 4 is 137 Å². The minimum atomic E-state index is -3.01. The van der Waals surface area contributed by atoms with E-state index in [0.29, 0.717) is 0 Å². The molecule has 3 nitrogen and oxygen atoms in total. The Labute approximate surface area is 544 Å². The van der Waals surface area contributed by atoms with E-state index in [1.165, 1.54) is 102 Å². The Morgan fingerprint density at radius 3 is 1.02 bits per heavy atom. The minimum absolute atomic E-state index is 0.0471. The van der Waals surface area contributed by atoms with Crippen molar-refractivity contribution in [2.75, 3.05) is 9.80 Å². The molecule has 2 aliphatic rings. The van der Waals surface area contributed by atoms with Gasteiger partial charge in [0.25, 0.3) is 6.71 Å². The largest absolute Gasteiger partial charge is 0.311 e. The van der Waals surface area contributed by atoms with E-state index in [4.69, 9.17) is 0 Å². The van der Waals surface area contributed by atoms with Crippen LogP contribution < -0.4 is 67.7 Å². The molecular formula is C86H72BN3Si2. The van der Waals surface area contributed by atoms with Crippen molar-refractivity contribution in [3.05, 3.63) is 339 Å². The summed E-state index contributed by atoms with van der Waals surface area (Å²) in [6, 6.07) is 125. The van der Waals surface area contributed by atoms with Crippen molar-refractivity contribution in [2.45, 2.75) is 52.4 Å². The number of anilines is 6. The first kappa shape index (κ1) is 57.0. The highest BCUT2D eigenvalue weighted by atomic mass is 28.3. The zero-order valence-corrected chi connectivity index (χ0v) is 55.1. The number of hydrogen-bond acceptors (Lipinski definition) is 2. The molecule has 0 N–H and O–H groups in total. The molecule has 0 saturated carbocycles. The lowest BCUT2D eigenvalue weighted by Gasteiger charge is -2.45. The van der Waals surface area contributed by atoms with Gasteiger partial charge in [0.15, 0.2) is 16.1 Å². The third-order valence-electron chi connectivity index (χ3n) is 20.0. The molecule has 1 aromatic heterocycles. The average molecular weight is 1210 g/mol. The van der Waals surface area contributed by atoms with Crippen LogP contribution >= 0.6 is 0 Å². The lowest BCUT2D eigenvalue weighted by atomic mass is 9.33. The second kappa shape index (κ2) is 22.3. The number of benzene rings is 13. The summed E-state index contributed by atoms with van der Waals surface area (Å²) in [6.45, 7) is 13.9. The standard InChI is InChI=1S/C86H72BN3Si2/c1-85(2,3)61-46-54-78-74(56-61)75-57-62(86(4,5)6)47-55-79(75)90(78)65-58-82-84-83(59-65)89(63-30-14-7-15-31-63)81-60-73(92(69-38-22-11-23-39-69,70-40-24-12-25-41-70)71-42-26-13-27-43-71)52-53-77(81)87(84)76-44-28-29-45-80(76)88(82)64-48-50-72(51-49-64)91(66-32-16-8-17-33-66,67-34-18-9-19-35-67)68-36-20-10-21-37-68/h7-60H,1-6H3. The van der Waals surface area contributed by atoms with Gasteiger partial charge in [-0.15, -0.1) is 0 Å². The van der Waals surface area contributed by atoms with Gasteiger partial charge in [-0.05, 0) is 153 Å². The van der Waals surface area contributed by atoms with Crippen molar-refractivity contribution in [3.63, 3.8) is 0 Å². The van der Waals surface area contributed by atoms with Crippen molar-refractivity contribution in [3.8, 4) is 5.69 Å². The van der Waals surface area contributed by atoms with Crippen LogP contribution in [-0.4, -0.2) is 27.4 Å². The molecule has 0 fully saturated rings. The van der Waals surface area contributed by atoms with Gasteiger partial charge in [0.05, 0.1) is 16.7 Å². The smallest absolute Gasteiger partial charge is 0.252 e. The fourth-order valence-electron chi connectivity index (χ4n) is 15.6. The summed E-state index contributed by atoms with van der Waals surface area (Å²) in [5.74, 6) is 0. The van der Waals surface area contributed by atoms with Crippen LogP contribution in [-0.2, 0) is 10.8 Å². The number of fused-ring (bicyclic) bond motifs is 7. The van der Waals surface area contributed by atoms with Crippen molar-refractivity contribution in [1.29, 1.82) is 0 Å². The first-order chi connectivity index (χ1) is 44.9. The average Bonchev–Trinajstić information content (AvgIpc) is 0.813. The molecule has 3 heterocycles. The predicted octanol–water partition coefficient (Wildman–Crippen LogP) is 14.2. The molecule has 2 aliphatic heterocycles. The van der Waals surface area contributed by atoms with Crippen molar-refractivity contribution in [2.24, 2.45) is 0 Å². The van der Waals surface area contributed by atoms with Gasteiger partial charge in [-0.2, -0.15) is 0 Å². The predicted molar refractivity (Wildman–Crippen MR) is 399 cm³/mol. The van der Waals surface area contributed by atoms with Crippen LogP contribution in [0.15, 0.2) is 328 Å². The number of rotatable bonds is 11. The first-order valence-electron chi connectivity index (χ1n) is 32.5. The summed E-state index contributed by atoms with van der Waals surface area (Å²) >= 11 is 0. The summed E-state index contributed by atoms with van der Waals surface area (Å²) < 4.78 is 2.57. The van der Waals surface area contributed by atoms with Gasteiger partial charge in [0, 0.05) is 44.9 Å². The van der Waals surface area contributed by atoms with E-state index < -0.39 is 16.1 Å². The molecule has 0 saturated heterocycles. The zero-order chi connectivity index (χ0) is 62.3. The summed E-state index contributed by atoms with van der Waals surface area (Å²) in [7, 11) is -5.87. The monoisotopic (exact) mass is 1210 g/mol. The highest BCUT2D eigenvalue weighted by Gasteiger charge is 2.48. The van der Waals surface area contributed by atoms with Crippen LogP contribution in [0, 0.1) is 0 Å². The van der Waals surface area contributed by atoms with E-state index in [-0.39, 0.29) is 17.5 Å². The zero-order valence-electron chi connectivity index (χ0n) is 53.1. The Morgan fingerprint density at radius 1 is 0.261 bits per heavy atom. The molecule has 0 bridgehead atoms. The Morgan fingerprint density at radius 2 is 0.598 bits per heavy atom. The second-order valence-corrected chi connectivity index (χ2v) is 34.8. The second-order valence-electron chi connectivity index (χ2n) is 27.2. The summed E-state index contributed by atoms with van der Waals surface area (Å²) in [5.41, 5.74) is 16.8. The molecule has 14 aromatic rings. The molecule has 0 aliphatic carbocycles. The normalized spacial score (nSPS) is 13.0. The first-order valence-corrected chi connectivity index (χ1v) is 36.5. The highest BCUT2D eigenvalue weighted by Crippen LogP contribution is 2.47. The molecule has 0 amide bonds. The Bertz CT molecular complexity index is 4780. The summed E-state index contributed by atoms with van der Waals surface area (Å²) in [4.78, 5) is 5.22. The molecule has 6 heteroatoms. The van der Waals surface area contributed by atoms with Crippen LogP contribution in [0.1, 0.15) is 52.7 Å². The van der Waals surface area contributed by atoms with Gasteiger partial charge in [0.2, 0.25) is 0 Å². The number of hydrogen-bond donors (Lipinski definition) is 0.